The largest absolute Gasteiger partial charge is 0.495 e. The van der Waals surface area contributed by atoms with Gasteiger partial charge in [-0.05, 0) is 28.1 Å². The fraction of sp³-hybridized carbons (Fsp3) is 0.125. The van der Waals surface area contributed by atoms with Crippen LogP contribution in [-0.2, 0) is 0 Å². The Morgan fingerprint density at radius 1 is 1.62 bits per heavy atom. The molecular weight excluding hydrogens is 243 g/mol. The number of carboxylic acid groups (broad SMARTS) is 1. The molecule has 0 radical (unpaired) electrons. The molecule has 0 bridgehead atoms. The van der Waals surface area contributed by atoms with E-state index >= 15 is 0 Å². The Kier molecular flexibility index (Phi) is 2.87. The third kappa shape index (κ3) is 1.80. The van der Waals surface area contributed by atoms with Gasteiger partial charge in [-0.15, -0.1) is 0 Å². The molecule has 0 aromatic heterocycles. The first-order valence-electron chi connectivity index (χ1n) is 3.33. The molecule has 0 aliphatic carbocycles. The fourth-order valence-corrected chi connectivity index (χ4v) is 1.36. The summed E-state index contributed by atoms with van der Waals surface area (Å²) in [5, 5.41) is 8.55. The van der Waals surface area contributed by atoms with Crippen molar-refractivity contribution >= 4 is 21.9 Å². The Morgan fingerprint density at radius 3 is 2.69 bits per heavy atom. The Bertz CT molecular complexity index is 351. The van der Waals surface area contributed by atoms with E-state index in [2.05, 4.69) is 15.9 Å². The molecule has 1 N–H and O–H groups in total. The number of methoxy groups -OCH3 is 1. The van der Waals surface area contributed by atoms with Crippen molar-refractivity contribution in [3.05, 3.63) is 28.0 Å². The molecule has 5 heteroatoms. The summed E-state index contributed by atoms with van der Waals surface area (Å²) in [6.07, 6.45) is 0. The lowest BCUT2D eigenvalue weighted by Crippen LogP contribution is -2.01. The summed E-state index contributed by atoms with van der Waals surface area (Å²) >= 11 is 2.90. The van der Waals surface area contributed by atoms with Gasteiger partial charge in [0.2, 0.25) is 0 Å². The van der Waals surface area contributed by atoms with Crippen molar-refractivity contribution in [3.8, 4) is 5.75 Å². The van der Waals surface area contributed by atoms with Crippen LogP contribution < -0.4 is 4.74 Å². The third-order valence-electron chi connectivity index (χ3n) is 1.50. The molecule has 0 amide bonds. The quantitative estimate of drug-likeness (QED) is 0.874. The van der Waals surface area contributed by atoms with Crippen molar-refractivity contribution in [3.63, 3.8) is 0 Å². The topological polar surface area (TPSA) is 46.5 Å². The van der Waals surface area contributed by atoms with Crippen LogP contribution in [0, 0.1) is 5.82 Å². The maximum Gasteiger partial charge on any atom is 0.338 e. The van der Waals surface area contributed by atoms with E-state index in [1.165, 1.54) is 13.2 Å². The minimum Gasteiger partial charge on any atom is -0.495 e. The predicted molar refractivity (Wildman–Crippen MR) is 47.6 cm³/mol. The zero-order chi connectivity index (χ0) is 10.0. The lowest BCUT2D eigenvalue weighted by Gasteiger charge is -2.05. The highest BCUT2D eigenvalue weighted by molar-refractivity contribution is 9.10. The van der Waals surface area contributed by atoms with Crippen LogP contribution in [0.2, 0.25) is 0 Å². The highest BCUT2D eigenvalue weighted by Gasteiger charge is 2.16. The van der Waals surface area contributed by atoms with E-state index in [1.54, 1.807) is 0 Å². The normalized spacial score (nSPS) is 9.77. The van der Waals surface area contributed by atoms with Gasteiger partial charge in [0.25, 0.3) is 0 Å². The molecule has 1 aromatic rings. The summed E-state index contributed by atoms with van der Waals surface area (Å²) in [6, 6.07) is 2.54. The highest BCUT2D eigenvalue weighted by atomic mass is 79.9. The van der Waals surface area contributed by atoms with Gasteiger partial charge in [0.15, 0.2) is 5.82 Å². The average molecular weight is 249 g/mol. The first-order valence-corrected chi connectivity index (χ1v) is 4.12. The average Bonchev–Trinajstić information content (AvgIpc) is 2.09. The number of ether oxygens (including phenoxy) is 1. The SMILES string of the molecule is COc1ccc(C(=O)O)c(F)c1Br. The Balaban J connectivity index is 3.31. The first kappa shape index (κ1) is 9.98. The predicted octanol–water partition coefficient (Wildman–Crippen LogP) is 2.29. The van der Waals surface area contributed by atoms with Gasteiger partial charge in [0.05, 0.1) is 17.1 Å². The molecule has 0 aliphatic rings. The molecule has 0 fully saturated rings. The Labute approximate surface area is 82.3 Å². The maximum atomic E-state index is 13.2. The van der Waals surface area contributed by atoms with E-state index in [9.17, 15) is 9.18 Å². The van der Waals surface area contributed by atoms with E-state index in [-0.39, 0.29) is 15.8 Å². The van der Waals surface area contributed by atoms with Crippen molar-refractivity contribution in [2.75, 3.05) is 7.11 Å². The molecule has 0 aliphatic heterocycles. The monoisotopic (exact) mass is 248 g/mol. The Hall–Kier alpha value is -1.10. The third-order valence-corrected chi connectivity index (χ3v) is 2.24. The van der Waals surface area contributed by atoms with E-state index in [1.807, 2.05) is 0 Å². The first-order chi connectivity index (χ1) is 6.07. The zero-order valence-corrected chi connectivity index (χ0v) is 8.26. The molecule has 1 rings (SSSR count). The molecule has 0 saturated carbocycles. The second kappa shape index (κ2) is 3.74. The van der Waals surface area contributed by atoms with Gasteiger partial charge in [-0.2, -0.15) is 0 Å². The van der Waals surface area contributed by atoms with E-state index in [0.29, 0.717) is 0 Å². The van der Waals surface area contributed by atoms with Crippen molar-refractivity contribution < 1.29 is 19.0 Å². The second-order valence-corrected chi connectivity index (χ2v) is 3.04. The summed E-state index contributed by atoms with van der Waals surface area (Å²) in [4.78, 5) is 10.5. The second-order valence-electron chi connectivity index (χ2n) is 2.25. The van der Waals surface area contributed by atoms with Gasteiger partial charge in [0.1, 0.15) is 5.75 Å². The number of benzene rings is 1. The molecule has 1 aromatic carbocycles. The van der Waals surface area contributed by atoms with Crippen LogP contribution in [0.3, 0.4) is 0 Å². The zero-order valence-electron chi connectivity index (χ0n) is 6.67. The molecular formula is C8H6BrFO3. The van der Waals surface area contributed by atoms with Crippen molar-refractivity contribution in [1.29, 1.82) is 0 Å². The molecule has 70 valence electrons. The number of carboxylic acids is 1. The van der Waals surface area contributed by atoms with Crippen molar-refractivity contribution in [1.82, 2.24) is 0 Å². The smallest absolute Gasteiger partial charge is 0.338 e. The minimum absolute atomic E-state index is 0.0231. The lowest BCUT2D eigenvalue weighted by atomic mass is 10.2. The van der Waals surface area contributed by atoms with Gasteiger partial charge in [0, 0.05) is 0 Å². The highest BCUT2D eigenvalue weighted by Crippen LogP contribution is 2.29. The summed E-state index contributed by atoms with van der Waals surface area (Å²) < 4.78 is 18.0. The van der Waals surface area contributed by atoms with E-state index in [0.717, 1.165) is 6.07 Å². The summed E-state index contributed by atoms with van der Waals surface area (Å²) in [5.74, 6) is -1.87. The van der Waals surface area contributed by atoms with Gasteiger partial charge in [-0.1, -0.05) is 0 Å². The van der Waals surface area contributed by atoms with Crippen LogP contribution in [-0.4, -0.2) is 18.2 Å². The number of halogens is 2. The van der Waals surface area contributed by atoms with E-state index in [4.69, 9.17) is 9.84 Å². The lowest BCUT2D eigenvalue weighted by molar-refractivity contribution is 0.0691. The van der Waals surface area contributed by atoms with Crippen LogP contribution in [0.1, 0.15) is 10.4 Å². The number of aromatic carboxylic acids is 1. The molecule has 0 atom stereocenters. The number of hydrogen-bond acceptors (Lipinski definition) is 2. The summed E-state index contributed by atoms with van der Waals surface area (Å²) in [5.41, 5.74) is -0.382. The molecule has 0 unspecified atom stereocenters. The standard InChI is InChI=1S/C8H6BrFO3/c1-13-5-3-2-4(8(11)12)7(10)6(5)9/h2-3H,1H3,(H,11,12). The molecule has 3 nitrogen and oxygen atoms in total. The number of rotatable bonds is 2. The van der Waals surface area contributed by atoms with Crippen LogP contribution >= 0.6 is 15.9 Å². The van der Waals surface area contributed by atoms with Crippen molar-refractivity contribution in [2.24, 2.45) is 0 Å². The van der Waals surface area contributed by atoms with Gasteiger partial charge >= 0.3 is 5.97 Å². The fourth-order valence-electron chi connectivity index (χ4n) is 0.855. The molecule has 0 heterocycles. The van der Waals surface area contributed by atoms with Crippen molar-refractivity contribution in [2.45, 2.75) is 0 Å². The number of hydrogen-bond donors (Lipinski definition) is 1. The van der Waals surface area contributed by atoms with E-state index < -0.39 is 11.8 Å². The number of carbonyl (C=O) groups is 1. The molecule has 13 heavy (non-hydrogen) atoms. The minimum atomic E-state index is -1.30. The van der Waals surface area contributed by atoms with Crippen LogP contribution in [0.4, 0.5) is 4.39 Å². The summed E-state index contributed by atoms with van der Waals surface area (Å²) in [6.45, 7) is 0. The molecule has 0 spiro atoms. The molecule has 0 saturated heterocycles. The van der Waals surface area contributed by atoms with Gasteiger partial charge in [-0.25, -0.2) is 9.18 Å². The van der Waals surface area contributed by atoms with Crippen LogP contribution in [0.25, 0.3) is 0 Å². The van der Waals surface area contributed by atoms with Crippen LogP contribution in [0.15, 0.2) is 16.6 Å². The Morgan fingerprint density at radius 2 is 2.23 bits per heavy atom. The van der Waals surface area contributed by atoms with Gasteiger partial charge < -0.3 is 9.84 Å². The maximum absolute atomic E-state index is 13.2. The summed E-state index contributed by atoms with van der Waals surface area (Å²) in [7, 11) is 1.37. The van der Waals surface area contributed by atoms with Gasteiger partial charge in [-0.3, -0.25) is 0 Å². The van der Waals surface area contributed by atoms with Crippen LogP contribution in [0.5, 0.6) is 5.75 Å².